The number of hydrogen-bond donors (Lipinski definition) is 2. The van der Waals surface area contributed by atoms with E-state index in [0.29, 0.717) is 13.2 Å². The minimum atomic E-state index is 0.571. The predicted molar refractivity (Wildman–Crippen MR) is 109 cm³/mol. The highest BCUT2D eigenvalue weighted by molar-refractivity contribution is 5.79. The average Bonchev–Trinajstić information content (AvgIpc) is 2.70. The van der Waals surface area contributed by atoms with Gasteiger partial charge in [-0.05, 0) is 42.7 Å². The third-order valence-corrected chi connectivity index (χ3v) is 4.12. The van der Waals surface area contributed by atoms with E-state index >= 15 is 0 Å². The summed E-state index contributed by atoms with van der Waals surface area (Å²) in [5.74, 6) is 3.14. The van der Waals surface area contributed by atoms with Crippen LogP contribution in [0.2, 0.25) is 0 Å². The van der Waals surface area contributed by atoms with Crippen LogP contribution < -0.4 is 24.8 Å². The van der Waals surface area contributed by atoms with Crippen LogP contribution in [-0.4, -0.2) is 46.9 Å². The molecular formula is C21H29N3O3. The molecule has 6 heteroatoms. The number of aryl methyl sites for hydroxylation is 1. The fraction of sp³-hybridized carbons (Fsp3) is 0.381. The molecule has 0 radical (unpaired) electrons. The molecule has 2 aromatic carbocycles. The Morgan fingerprint density at radius 3 is 2.37 bits per heavy atom. The van der Waals surface area contributed by atoms with Crippen LogP contribution in [0.1, 0.15) is 11.1 Å². The number of benzene rings is 2. The second kappa shape index (κ2) is 11.0. The lowest BCUT2D eigenvalue weighted by atomic mass is 10.1. The van der Waals surface area contributed by atoms with Crippen LogP contribution in [0.3, 0.4) is 0 Å². The van der Waals surface area contributed by atoms with Gasteiger partial charge in [0.2, 0.25) is 0 Å². The number of nitrogens with one attached hydrogen (secondary N) is 2. The monoisotopic (exact) mass is 371 g/mol. The molecule has 146 valence electrons. The summed E-state index contributed by atoms with van der Waals surface area (Å²) in [6.07, 6.45) is 0.848. The number of methoxy groups -OCH3 is 2. The summed E-state index contributed by atoms with van der Waals surface area (Å²) in [5.41, 5.74) is 2.30. The van der Waals surface area contributed by atoms with E-state index in [0.717, 1.165) is 41.7 Å². The van der Waals surface area contributed by atoms with Crippen molar-refractivity contribution in [1.82, 2.24) is 10.6 Å². The Kier molecular flexibility index (Phi) is 8.29. The summed E-state index contributed by atoms with van der Waals surface area (Å²) in [5, 5.41) is 6.56. The molecule has 0 unspecified atom stereocenters. The first-order valence-corrected chi connectivity index (χ1v) is 9.01. The fourth-order valence-corrected chi connectivity index (χ4v) is 2.63. The Morgan fingerprint density at radius 2 is 1.67 bits per heavy atom. The average molecular weight is 371 g/mol. The van der Waals surface area contributed by atoms with Crippen LogP contribution >= 0.6 is 0 Å². The van der Waals surface area contributed by atoms with Crippen molar-refractivity contribution >= 4 is 5.96 Å². The molecule has 0 aromatic heterocycles. The Labute approximate surface area is 161 Å². The van der Waals surface area contributed by atoms with E-state index in [1.165, 1.54) is 5.56 Å². The highest BCUT2D eigenvalue weighted by Gasteiger charge is 2.05. The van der Waals surface area contributed by atoms with Gasteiger partial charge in [0.25, 0.3) is 0 Å². The highest BCUT2D eigenvalue weighted by atomic mass is 16.5. The standard InChI is InChI=1S/C21H29N3O3/c1-16-7-5-6-8-18(16)27-14-13-24-21(22-2)23-12-11-17-9-10-19(25-3)20(15-17)26-4/h5-10,15H,11-14H2,1-4H3,(H2,22,23,24). The molecule has 2 rings (SSSR count). The van der Waals surface area contributed by atoms with E-state index in [2.05, 4.69) is 15.6 Å². The van der Waals surface area contributed by atoms with Gasteiger partial charge < -0.3 is 24.8 Å². The van der Waals surface area contributed by atoms with Crippen molar-refractivity contribution in [2.24, 2.45) is 4.99 Å². The number of hydrogen-bond acceptors (Lipinski definition) is 4. The second-order valence-corrected chi connectivity index (χ2v) is 5.98. The number of ether oxygens (including phenoxy) is 3. The molecule has 0 amide bonds. The first-order chi connectivity index (χ1) is 13.2. The third kappa shape index (κ3) is 6.40. The molecule has 0 heterocycles. The molecule has 0 aliphatic heterocycles. The van der Waals surface area contributed by atoms with Gasteiger partial charge in [-0.1, -0.05) is 24.3 Å². The summed E-state index contributed by atoms with van der Waals surface area (Å²) < 4.78 is 16.4. The maximum Gasteiger partial charge on any atom is 0.191 e. The van der Waals surface area contributed by atoms with E-state index < -0.39 is 0 Å². The number of guanidine groups is 1. The minimum absolute atomic E-state index is 0.571. The van der Waals surface area contributed by atoms with Crippen molar-refractivity contribution in [2.75, 3.05) is 41.0 Å². The Bertz CT molecular complexity index is 747. The SMILES string of the molecule is CN=C(NCCOc1ccccc1C)NCCc1ccc(OC)c(OC)c1. The first kappa shape index (κ1) is 20.4. The van der Waals surface area contributed by atoms with Crippen LogP contribution in [-0.2, 0) is 6.42 Å². The van der Waals surface area contributed by atoms with Crippen molar-refractivity contribution < 1.29 is 14.2 Å². The van der Waals surface area contributed by atoms with E-state index in [9.17, 15) is 0 Å². The van der Waals surface area contributed by atoms with Crippen molar-refractivity contribution in [1.29, 1.82) is 0 Å². The van der Waals surface area contributed by atoms with Gasteiger partial charge in [0, 0.05) is 13.6 Å². The molecule has 0 spiro atoms. The molecule has 0 fully saturated rings. The number of nitrogens with zero attached hydrogens (tertiary/aromatic N) is 1. The van der Waals surface area contributed by atoms with Crippen molar-refractivity contribution in [3.8, 4) is 17.2 Å². The zero-order valence-corrected chi connectivity index (χ0v) is 16.5. The number of aliphatic imine (C=N–C) groups is 1. The third-order valence-electron chi connectivity index (χ3n) is 4.12. The molecule has 0 aliphatic rings. The minimum Gasteiger partial charge on any atom is -0.493 e. The summed E-state index contributed by atoms with van der Waals surface area (Å²) in [6, 6.07) is 13.9. The van der Waals surface area contributed by atoms with Crippen molar-refractivity contribution in [2.45, 2.75) is 13.3 Å². The first-order valence-electron chi connectivity index (χ1n) is 9.01. The lowest BCUT2D eigenvalue weighted by Crippen LogP contribution is -2.40. The van der Waals surface area contributed by atoms with Gasteiger partial charge in [0.15, 0.2) is 17.5 Å². The zero-order valence-electron chi connectivity index (χ0n) is 16.5. The van der Waals surface area contributed by atoms with E-state index in [4.69, 9.17) is 14.2 Å². The van der Waals surface area contributed by atoms with Gasteiger partial charge in [-0.15, -0.1) is 0 Å². The molecule has 0 atom stereocenters. The topological polar surface area (TPSA) is 64.1 Å². The van der Waals surface area contributed by atoms with Crippen molar-refractivity contribution in [3.63, 3.8) is 0 Å². The summed E-state index contributed by atoms with van der Waals surface area (Å²) >= 11 is 0. The Hall–Kier alpha value is -2.89. The number of para-hydroxylation sites is 1. The summed E-state index contributed by atoms with van der Waals surface area (Å²) in [4.78, 5) is 4.24. The Balaban J connectivity index is 1.72. The normalized spacial score (nSPS) is 11.0. The van der Waals surface area contributed by atoms with E-state index in [1.807, 2.05) is 49.4 Å². The lowest BCUT2D eigenvalue weighted by Gasteiger charge is -2.14. The van der Waals surface area contributed by atoms with E-state index in [-0.39, 0.29) is 0 Å². The van der Waals surface area contributed by atoms with Crippen LogP contribution in [0, 0.1) is 6.92 Å². The smallest absolute Gasteiger partial charge is 0.191 e. The molecular weight excluding hydrogens is 342 g/mol. The molecule has 6 nitrogen and oxygen atoms in total. The van der Waals surface area contributed by atoms with Gasteiger partial charge in [-0.25, -0.2) is 0 Å². The Morgan fingerprint density at radius 1 is 0.926 bits per heavy atom. The van der Waals surface area contributed by atoms with Crippen molar-refractivity contribution in [3.05, 3.63) is 53.6 Å². The fourth-order valence-electron chi connectivity index (χ4n) is 2.63. The number of rotatable bonds is 9. The quantitative estimate of drug-likeness (QED) is 0.403. The lowest BCUT2D eigenvalue weighted by molar-refractivity contribution is 0.320. The van der Waals surface area contributed by atoms with Crippen LogP contribution in [0.15, 0.2) is 47.5 Å². The van der Waals surface area contributed by atoms with Gasteiger partial charge >= 0.3 is 0 Å². The maximum absolute atomic E-state index is 5.78. The van der Waals surface area contributed by atoms with Gasteiger partial charge in [0.05, 0.1) is 20.8 Å². The van der Waals surface area contributed by atoms with E-state index in [1.54, 1.807) is 21.3 Å². The van der Waals surface area contributed by atoms with Crippen LogP contribution in [0.4, 0.5) is 0 Å². The van der Waals surface area contributed by atoms with Gasteiger partial charge in [0.1, 0.15) is 12.4 Å². The highest BCUT2D eigenvalue weighted by Crippen LogP contribution is 2.27. The van der Waals surface area contributed by atoms with Gasteiger partial charge in [-0.3, -0.25) is 4.99 Å². The molecule has 0 bridgehead atoms. The molecule has 0 aliphatic carbocycles. The van der Waals surface area contributed by atoms with Gasteiger partial charge in [-0.2, -0.15) is 0 Å². The maximum atomic E-state index is 5.78. The summed E-state index contributed by atoms with van der Waals surface area (Å²) in [7, 11) is 5.04. The molecule has 27 heavy (non-hydrogen) atoms. The second-order valence-electron chi connectivity index (χ2n) is 5.98. The molecule has 0 saturated carbocycles. The zero-order chi connectivity index (χ0) is 19.5. The summed E-state index contributed by atoms with van der Waals surface area (Å²) in [6.45, 7) is 4.04. The largest absolute Gasteiger partial charge is 0.493 e. The van der Waals surface area contributed by atoms with Crippen LogP contribution in [0.5, 0.6) is 17.2 Å². The predicted octanol–water partition coefficient (Wildman–Crippen LogP) is 2.80. The molecule has 0 saturated heterocycles. The molecule has 2 aromatic rings. The molecule has 2 N–H and O–H groups in total. The van der Waals surface area contributed by atoms with Crippen LogP contribution in [0.25, 0.3) is 0 Å².